The van der Waals surface area contributed by atoms with Crippen LogP contribution in [0, 0.1) is 21.4 Å². The predicted molar refractivity (Wildman–Crippen MR) is 116 cm³/mol. The fraction of sp³-hybridized carbons (Fsp3) is 0.455. The number of nitrogens with zero attached hydrogens (tertiary/aromatic N) is 1. The summed E-state index contributed by atoms with van der Waals surface area (Å²) in [6, 6.07) is 5.53. The van der Waals surface area contributed by atoms with Crippen LogP contribution >= 0.6 is 11.3 Å². The molecule has 160 valence electrons. The molecule has 0 fully saturated rings. The van der Waals surface area contributed by atoms with Crippen LogP contribution in [0.15, 0.2) is 24.3 Å². The third-order valence-corrected chi connectivity index (χ3v) is 6.69. The molecule has 1 amide bonds. The minimum Gasteiger partial charge on any atom is -0.462 e. The highest BCUT2D eigenvalue weighted by Crippen LogP contribution is 2.44. The van der Waals surface area contributed by atoms with Crippen LogP contribution in [0.1, 0.15) is 65.3 Å². The van der Waals surface area contributed by atoms with Gasteiger partial charge in [-0.05, 0) is 49.1 Å². The van der Waals surface area contributed by atoms with Gasteiger partial charge in [0, 0.05) is 22.6 Å². The van der Waals surface area contributed by atoms with E-state index in [0.717, 1.165) is 29.7 Å². The van der Waals surface area contributed by atoms with Crippen molar-refractivity contribution in [2.45, 2.75) is 47.0 Å². The van der Waals surface area contributed by atoms with Crippen molar-refractivity contribution < 1.29 is 19.2 Å². The number of carbonyl (C=O) groups excluding carboxylic acids is 2. The maximum absolute atomic E-state index is 12.8. The maximum atomic E-state index is 12.8. The van der Waals surface area contributed by atoms with E-state index in [1.54, 1.807) is 6.92 Å². The average molecular weight is 431 g/mol. The Morgan fingerprint density at radius 1 is 1.33 bits per heavy atom. The van der Waals surface area contributed by atoms with Gasteiger partial charge in [0.2, 0.25) is 0 Å². The number of nitrogens with one attached hydrogen (secondary N) is 1. The van der Waals surface area contributed by atoms with Crippen LogP contribution < -0.4 is 5.32 Å². The highest BCUT2D eigenvalue weighted by atomic mass is 32.1. The van der Waals surface area contributed by atoms with Gasteiger partial charge in [0.05, 0.1) is 17.1 Å². The first kappa shape index (κ1) is 22.0. The molecule has 1 aliphatic carbocycles. The Balaban J connectivity index is 1.95. The molecule has 1 atom stereocenters. The van der Waals surface area contributed by atoms with Crippen molar-refractivity contribution in [1.29, 1.82) is 0 Å². The third kappa shape index (κ3) is 4.53. The molecule has 0 spiro atoms. The van der Waals surface area contributed by atoms with Crippen molar-refractivity contribution in [2.24, 2.45) is 11.3 Å². The number of nitro groups is 1. The van der Waals surface area contributed by atoms with Gasteiger partial charge in [0.1, 0.15) is 5.00 Å². The van der Waals surface area contributed by atoms with Crippen LogP contribution in [0.4, 0.5) is 10.7 Å². The lowest BCUT2D eigenvalue weighted by molar-refractivity contribution is -0.384. The van der Waals surface area contributed by atoms with Crippen molar-refractivity contribution in [3.05, 3.63) is 55.9 Å². The molecular formula is C22H26N2O5S. The minimum atomic E-state index is -0.544. The van der Waals surface area contributed by atoms with Gasteiger partial charge in [-0.2, -0.15) is 0 Å². The molecule has 2 aromatic rings. The number of non-ortho nitro benzene ring substituents is 1. The number of benzene rings is 1. The summed E-state index contributed by atoms with van der Waals surface area (Å²) in [4.78, 5) is 37.0. The number of rotatable bonds is 5. The molecule has 0 saturated heterocycles. The number of fused-ring (bicyclic) bond motifs is 1. The van der Waals surface area contributed by atoms with Gasteiger partial charge in [-0.1, -0.05) is 26.8 Å². The topological polar surface area (TPSA) is 98.5 Å². The molecule has 3 rings (SSSR count). The molecule has 0 bridgehead atoms. The second-order valence-corrected chi connectivity index (χ2v) is 9.60. The van der Waals surface area contributed by atoms with E-state index < -0.39 is 16.8 Å². The molecule has 0 aliphatic heterocycles. The summed E-state index contributed by atoms with van der Waals surface area (Å²) >= 11 is 1.40. The lowest BCUT2D eigenvalue weighted by atomic mass is 9.72. The number of thiophene rings is 1. The summed E-state index contributed by atoms with van der Waals surface area (Å²) < 4.78 is 5.25. The van der Waals surface area contributed by atoms with Gasteiger partial charge < -0.3 is 10.1 Å². The number of esters is 1. The molecule has 1 N–H and O–H groups in total. The fourth-order valence-electron chi connectivity index (χ4n) is 3.77. The van der Waals surface area contributed by atoms with E-state index in [4.69, 9.17) is 4.74 Å². The quantitative estimate of drug-likeness (QED) is 0.397. The Kier molecular flexibility index (Phi) is 6.26. The zero-order chi connectivity index (χ0) is 22.1. The zero-order valence-corrected chi connectivity index (χ0v) is 18.4. The molecule has 0 radical (unpaired) electrons. The summed E-state index contributed by atoms with van der Waals surface area (Å²) in [7, 11) is 0. The molecule has 1 aromatic carbocycles. The van der Waals surface area contributed by atoms with E-state index >= 15 is 0 Å². The number of carbonyl (C=O) groups is 2. The monoisotopic (exact) mass is 430 g/mol. The molecule has 0 saturated carbocycles. The Morgan fingerprint density at radius 3 is 2.70 bits per heavy atom. The molecule has 7 nitrogen and oxygen atoms in total. The van der Waals surface area contributed by atoms with Crippen LogP contribution in [0.3, 0.4) is 0 Å². The highest BCUT2D eigenvalue weighted by Gasteiger charge is 2.34. The largest absolute Gasteiger partial charge is 0.462 e. The second kappa shape index (κ2) is 8.55. The molecule has 8 heteroatoms. The SMILES string of the molecule is CCOC(=O)c1c(NC(=O)c2cccc([N+](=O)[O-])c2)sc2c1CCC(C(C)(C)C)C2. The van der Waals surface area contributed by atoms with Gasteiger partial charge >= 0.3 is 5.97 Å². The first-order valence-electron chi connectivity index (χ1n) is 9.99. The van der Waals surface area contributed by atoms with E-state index in [9.17, 15) is 19.7 Å². The fourth-order valence-corrected chi connectivity index (χ4v) is 5.08. The van der Waals surface area contributed by atoms with Crippen LogP contribution in [-0.4, -0.2) is 23.4 Å². The Hall–Kier alpha value is -2.74. The first-order chi connectivity index (χ1) is 14.1. The number of hydrogen-bond donors (Lipinski definition) is 1. The molecule has 1 aromatic heterocycles. The second-order valence-electron chi connectivity index (χ2n) is 8.50. The first-order valence-corrected chi connectivity index (χ1v) is 10.8. The molecule has 1 aliphatic rings. The Labute approximate surface area is 179 Å². The van der Waals surface area contributed by atoms with E-state index in [1.165, 1.54) is 35.6 Å². The van der Waals surface area contributed by atoms with Gasteiger partial charge in [0.15, 0.2) is 0 Å². The van der Waals surface area contributed by atoms with Gasteiger partial charge in [0.25, 0.3) is 11.6 Å². The van der Waals surface area contributed by atoms with Crippen molar-refractivity contribution in [3.8, 4) is 0 Å². The van der Waals surface area contributed by atoms with E-state index in [1.807, 2.05) is 0 Å². The van der Waals surface area contributed by atoms with Crippen LogP contribution in [0.2, 0.25) is 0 Å². The third-order valence-electron chi connectivity index (χ3n) is 5.52. The standard InChI is InChI=1S/C22H26N2O5S/c1-5-29-21(26)18-16-10-9-14(22(2,3)4)12-17(16)30-20(18)23-19(25)13-7-6-8-15(11-13)24(27)28/h6-8,11,14H,5,9-10,12H2,1-4H3,(H,23,25). The summed E-state index contributed by atoms with van der Waals surface area (Å²) in [6.45, 7) is 8.63. The highest BCUT2D eigenvalue weighted by molar-refractivity contribution is 7.17. The number of anilines is 1. The van der Waals surface area contributed by atoms with Crippen molar-refractivity contribution in [3.63, 3.8) is 0 Å². The summed E-state index contributed by atoms with van der Waals surface area (Å²) in [5, 5.41) is 14.3. The summed E-state index contributed by atoms with van der Waals surface area (Å²) in [5.74, 6) is -0.451. The Morgan fingerprint density at radius 2 is 2.07 bits per heavy atom. The lowest BCUT2D eigenvalue weighted by Crippen LogP contribution is -2.26. The smallest absolute Gasteiger partial charge is 0.341 e. The van der Waals surface area contributed by atoms with E-state index in [0.29, 0.717) is 16.5 Å². The molecule has 30 heavy (non-hydrogen) atoms. The predicted octanol–water partition coefficient (Wildman–Crippen LogP) is 5.24. The van der Waals surface area contributed by atoms with Crippen molar-refractivity contribution in [2.75, 3.05) is 11.9 Å². The maximum Gasteiger partial charge on any atom is 0.341 e. The van der Waals surface area contributed by atoms with Crippen molar-refractivity contribution in [1.82, 2.24) is 0 Å². The van der Waals surface area contributed by atoms with E-state index in [2.05, 4.69) is 26.1 Å². The van der Waals surface area contributed by atoms with E-state index in [-0.39, 0.29) is 23.3 Å². The zero-order valence-electron chi connectivity index (χ0n) is 17.6. The van der Waals surface area contributed by atoms with Crippen LogP contribution in [0.25, 0.3) is 0 Å². The van der Waals surface area contributed by atoms with Gasteiger partial charge in [-0.3, -0.25) is 14.9 Å². The summed E-state index contributed by atoms with van der Waals surface area (Å²) in [5.41, 5.74) is 1.53. The average Bonchev–Trinajstić information content (AvgIpc) is 3.04. The lowest BCUT2D eigenvalue weighted by Gasteiger charge is -2.33. The molecule has 1 heterocycles. The number of hydrogen-bond acceptors (Lipinski definition) is 6. The summed E-state index contributed by atoms with van der Waals surface area (Å²) in [6.07, 6.45) is 2.58. The number of ether oxygens (including phenoxy) is 1. The molecule has 1 unspecified atom stereocenters. The van der Waals surface area contributed by atoms with Crippen molar-refractivity contribution >= 4 is 33.9 Å². The van der Waals surface area contributed by atoms with Gasteiger partial charge in [-0.25, -0.2) is 4.79 Å². The molecular weight excluding hydrogens is 404 g/mol. The number of nitro benzene ring substituents is 1. The number of amides is 1. The van der Waals surface area contributed by atoms with Crippen LogP contribution in [0.5, 0.6) is 0 Å². The normalized spacial score (nSPS) is 15.9. The Bertz CT molecular complexity index is 990. The minimum absolute atomic E-state index is 0.151. The van der Waals surface area contributed by atoms with Crippen LogP contribution in [-0.2, 0) is 17.6 Å². The van der Waals surface area contributed by atoms with Gasteiger partial charge in [-0.15, -0.1) is 11.3 Å².